The van der Waals surface area contributed by atoms with Crippen molar-refractivity contribution < 1.29 is 19.4 Å². The Kier molecular flexibility index (Phi) is 9.69. The van der Waals surface area contributed by atoms with Gasteiger partial charge in [-0.15, -0.1) is 0 Å². The molecule has 2 amide bonds. The van der Waals surface area contributed by atoms with Gasteiger partial charge >= 0.3 is 0 Å². The van der Waals surface area contributed by atoms with Gasteiger partial charge in [0.05, 0.1) is 23.9 Å². The van der Waals surface area contributed by atoms with Gasteiger partial charge in [-0.3, -0.25) is 9.59 Å². The van der Waals surface area contributed by atoms with E-state index in [0.29, 0.717) is 11.1 Å². The van der Waals surface area contributed by atoms with Gasteiger partial charge in [0.15, 0.2) is 11.5 Å². The van der Waals surface area contributed by atoms with Crippen LogP contribution in [0.4, 0.5) is 5.69 Å². The quantitative estimate of drug-likeness (QED) is 0.202. The van der Waals surface area contributed by atoms with E-state index in [2.05, 4.69) is 34.6 Å². The van der Waals surface area contributed by atoms with E-state index in [9.17, 15) is 14.7 Å². The Labute approximate surface area is 221 Å². The molecule has 3 aromatic carbocycles. The number of ether oxygens (including phenoxy) is 1. The van der Waals surface area contributed by atoms with Gasteiger partial charge in [-0.2, -0.15) is 5.10 Å². The van der Waals surface area contributed by atoms with Crippen LogP contribution in [0.15, 0.2) is 77.5 Å². The molecule has 37 heavy (non-hydrogen) atoms. The highest BCUT2D eigenvalue weighted by molar-refractivity contribution is 6.34. The SMILES string of the molecule is CCN(CC)c1ccc(C=C(NC(=O)c2ccccc2Cl)C(=O)N/N=C/c2cccc(OC)c2O)cc1. The van der Waals surface area contributed by atoms with Crippen molar-refractivity contribution in [1.29, 1.82) is 0 Å². The molecule has 0 aromatic heterocycles. The second-order valence-corrected chi connectivity index (χ2v) is 8.26. The third kappa shape index (κ3) is 7.11. The fourth-order valence-electron chi connectivity index (χ4n) is 3.56. The smallest absolute Gasteiger partial charge is 0.287 e. The molecule has 3 aromatic rings. The summed E-state index contributed by atoms with van der Waals surface area (Å²) in [6.07, 6.45) is 2.83. The lowest BCUT2D eigenvalue weighted by Gasteiger charge is -2.21. The van der Waals surface area contributed by atoms with E-state index in [1.165, 1.54) is 13.3 Å². The van der Waals surface area contributed by atoms with Gasteiger partial charge in [-0.25, -0.2) is 5.43 Å². The number of carbonyl (C=O) groups is 2. The van der Waals surface area contributed by atoms with Gasteiger partial charge in [0.2, 0.25) is 0 Å². The highest BCUT2D eigenvalue weighted by Gasteiger charge is 2.16. The van der Waals surface area contributed by atoms with Gasteiger partial charge in [0, 0.05) is 24.3 Å². The number of phenolic OH excluding ortho intramolecular Hbond substituents is 1. The number of halogens is 1. The number of hydrogen-bond acceptors (Lipinski definition) is 6. The molecule has 0 bridgehead atoms. The van der Waals surface area contributed by atoms with Crippen molar-refractivity contribution in [1.82, 2.24) is 10.7 Å². The van der Waals surface area contributed by atoms with E-state index >= 15 is 0 Å². The number of benzene rings is 3. The topological polar surface area (TPSA) is 103 Å². The molecule has 0 radical (unpaired) electrons. The van der Waals surface area contributed by atoms with Crippen molar-refractivity contribution in [2.45, 2.75) is 13.8 Å². The van der Waals surface area contributed by atoms with Crippen molar-refractivity contribution in [3.63, 3.8) is 0 Å². The van der Waals surface area contributed by atoms with Crippen molar-refractivity contribution >= 4 is 41.4 Å². The molecule has 192 valence electrons. The molecular weight excluding hydrogens is 492 g/mol. The lowest BCUT2D eigenvalue weighted by Crippen LogP contribution is -2.33. The number of aromatic hydroxyl groups is 1. The van der Waals surface area contributed by atoms with E-state index in [-0.39, 0.29) is 27.8 Å². The molecule has 0 fully saturated rings. The van der Waals surface area contributed by atoms with Crippen LogP contribution in [0.3, 0.4) is 0 Å². The van der Waals surface area contributed by atoms with Crippen LogP contribution in [0.5, 0.6) is 11.5 Å². The fraction of sp³-hybridized carbons (Fsp3) is 0.179. The predicted molar refractivity (Wildman–Crippen MR) is 147 cm³/mol. The van der Waals surface area contributed by atoms with Crippen molar-refractivity contribution in [2.24, 2.45) is 5.10 Å². The maximum atomic E-state index is 13.0. The zero-order valence-electron chi connectivity index (χ0n) is 20.9. The van der Waals surface area contributed by atoms with E-state index in [4.69, 9.17) is 16.3 Å². The fourth-order valence-corrected chi connectivity index (χ4v) is 3.78. The van der Waals surface area contributed by atoms with Gasteiger partial charge in [-0.1, -0.05) is 41.9 Å². The maximum Gasteiger partial charge on any atom is 0.287 e. The summed E-state index contributed by atoms with van der Waals surface area (Å²) >= 11 is 6.16. The Balaban J connectivity index is 1.87. The second-order valence-electron chi connectivity index (χ2n) is 7.85. The van der Waals surface area contributed by atoms with E-state index in [0.717, 1.165) is 18.8 Å². The first-order valence-corrected chi connectivity index (χ1v) is 12.1. The number of carbonyl (C=O) groups excluding carboxylic acids is 2. The number of rotatable bonds is 10. The lowest BCUT2D eigenvalue weighted by atomic mass is 10.1. The number of methoxy groups -OCH3 is 1. The summed E-state index contributed by atoms with van der Waals surface area (Å²) < 4.78 is 5.08. The molecule has 0 spiro atoms. The second kappa shape index (κ2) is 13.1. The van der Waals surface area contributed by atoms with Gasteiger partial charge in [-0.05, 0) is 61.9 Å². The Morgan fingerprint density at radius 3 is 2.38 bits per heavy atom. The molecule has 0 aliphatic carbocycles. The molecule has 8 nitrogen and oxygen atoms in total. The molecule has 3 rings (SSSR count). The summed E-state index contributed by atoms with van der Waals surface area (Å²) in [5, 5.41) is 17.0. The third-order valence-corrected chi connectivity index (χ3v) is 5.89. The minimum absolute atomic E-state index is 0.0347. The van der Waals surface area contributed by atoms with Gasteiger partial charge < -0.3 is 20.1 Å². The average molecular weight is 521 g/mol. The lowest BCUT2D eigenvalue weighted by molar-refractivity contribution is -0.117. The van der Waals surface area contributed by atoms with Gasteiger partial charge in [0.25, 0.3) is 11.8 Å². The first-order chi connectivity index (χ1) is 17.9. The zero-order valence-corrected chi connectivity index (χ0v) is 21.6. The highest BCUT2D eigenvalue weighted by Crippen LogP contribution is 2.28. The molecular formula is C28H29ClN4O4. The number of anilines is 1. The molecule has 3 N–H and O–H groups in total. The van der Waals surface area contributed by atoms with Crippen molar-refractivity contribution in [2.75, 3.05) is 25.1 Å². The number of nitrogens with one attached hydrogen (secondary N) is 2. The van der Waals surface area contributed by atoms with Crippen LogP contribution in [-0.4, -0.2) is 43.3 Å². The number of hydrogen-bond donors (Lipinski definition) is 3. The van der Waals surface area contributed by atoms with Crippen LogP contribution in [0.25, 0.3) is 6.08 Å². The number of hydrazone groups is 1. The minimum Gasteiger partial charge on any atom is -0.504 e. The predicted octanol–water partition coefficient (Wildman–Crippen LogP) is 4.82. The molecule has 0 saturated heterocycles. The summed E-state index contributed by atoms with van der Waals surface area (Å²) in [6, 6.07) is 19.1. The summed E-state index contributed by atoms with van der Waals surface area (Å²) in [6.45, 7) is 5.90. The number of para-hydroxylation sites is 1. The third-order valence-electron chi connectivity index (χ3n) is 5.56. The normalized spacial score (nSPS) is 11.3. The molecule has 0 saturated carbocycles. The summed E-state index contributed by atoms with van der Waals surface area (Å²) in [7, 11) is 1.44. The van der Waals surface area contributed by atoms with Crippen molar-refractivity contribution in [3.05, 3.63) is 94.1 Å². The Morgan fingerprint density at radius 1 is 1.03 bits per heavy atom. The Bertz CT molecular complexity index is 1300. The van der Waals surface area contributed by atoms with E-state index < -0.39 is 11.8 Å². The molecule has 9 heteroatoms. The monoisotopic (exact) mass is 520 g/mol. The summed E-state index contributed by atoms with van der Waals surface area (Å²) in [5.74, 6) is -1.04. The minimum atomic E-state index is -0.660. The number of nitrogens with zero attached hydrogens (tertiary/aromatic N) is 2. The van der Waals surface area contributed by atoms with Crippen LogP contribution in [0, 0.1) is 0 Å². The van der Waals surface area contributed by atoms with Crippen molar-refractivity contribution in [3.8, 4) is 11.5 Å². The van der Waals surface area contributed by atoms with Crippen LogP contribution in [0.2, 0.25) is 5.02 Å². The standard InChI is InChI=1S/C28H29ClN4O4/c1-4-33(5-2)21-15-13-19(14-16-21)17-24(31-27(35)22-10-6-7-11-23(22)29)28(36)32-30-18-20-9-8-12-25(37-3)26(20)34/h6-18,34H,4-5H2,1-3H3,(H,31,35)(H,32,36)/b24-17?,30-18+. The molecule has 0 aliphatic rings. The Morgan fingerprint density at radius 2 is 1.73 bits per heavy atom. The summed E-state index contributed by atoms with van der Waals surface area (Å²) in [5.41, 5.74) is 4.68. The largest absolute Gasteiger partial charge is 0.504 e. The number of amides is 2. The highest BCUT2D eigenvalue weighted by atomic mass is 35.5. The molecule has 0 unspecified atom stereocenters. The molecule has 0 atom stereocenters. The molecule has 0 aliphatic heterocycles. The average Bonchev–Trinajstić information content (AvgIpc) is 2.91. The summed E-state index contributed by atoms with van der Waals surface area (Å²) in [4.78, 5) is 28.1. The Hall–Kier alpha value is -4.30. The molecule has 0 heterocycles. The zero-order chi connectivity index (χ0) is 26.8. The van der Waals surface area contributed by atoms with Crippen LogP contribution in [-0.2, 0) is 4.79 Å². The van der Waals surface area contributed by atoms with Crippen LogP contribution < -0.4 is 20.4 Å². The van der Waals surface area contributed by atoms with Gasteiger partial charge in [0.1, 0.15) is 5.70 Å². The number of phenols is 1. The van der Waals surface area contributed by atoms with Crippen LogP contribution in [0.1, 0.15) is 35.3 Å². The maximum absolute atomic E-state index is 13.0. The first-order valence-electron chi connectivity index (χ1n) is 11.7. The first kappa shape index (κ1) is 27.3. The van der Waals surface area contributed by atoms with E-state index in [1.807, 2.05) is 24.3 Å². The van der Waals surface area contributed by atoms with E-state index in [1.54, 1.807) is 48.5 Å². The van der Waals surface area contributed by atoms with Crippen LogP contribution >= 0.6 is 11.6 Å².